The van der Waals surface area contributed by atoms with Crippen LogP contribution in [-0.2, 0) is 4.79 Å². The highest BCUT2D eigenvalue weighted by atomic mass is 32.1. The Kier molecular flexibility index (Phi) is 5.14. The summed E-state index contributed by atoms with van der Waals surface area (Å²) in [7, 11) is 0. The van der Waals surface area contributed by atoms with E-state index >= 15 is 0 Å². The maximum Gasteiger partial charge on any atom is 0.270 e. The molecule has 0 aliphatic rings. The summed E-state index contributed by atoms with van der Waals surface area (Å²) in [6.45, 7) is 0. The Morgan fingerprint density at radius 2 is 2.04 bits per heavy atom. The van der Waals surface area contributed by atoms with Gasteiger partial charge in [-0.2, -0.15) is 0 Å². The van der Waals surface area contributed by atoms with E-state index in [9.17, 15) is 19.3 Å². The Hall–Kier alpha value is -3.39. The number of anilines is 1. The summed E-state index contributed by atoms with van der Waals surface area (Å²) in [5, 5.41) is 15.5. The van der Waals surface area contributed by atoms with E-state index in [1.54, 1.807) is 29.6 Å². The monoisotopic (exact) mass is 369 g/mol. The molecule has 6 nitrogen and oxygen atoms in total. The lowest BCUT2D eigenvalue weighted by Gasteiger charge is -1.98. The van der Waals surface area contributed by atoms with Crippen molar-refractivity contribution in [2.24, 2.45) is 0 Å². The van der Waals surface area contributed by atoms with Gasteiger partial charge in [0, 0.05) is 29.2 Å². The molecule has 0 aliphatic carbocycles. The fourth-order valence-electron chi connectivity index (χ4n) is 2.17. The topological polar surface area (TPSA) is 85.1 Å². The number of nitro benzene ring substituents is 1. The number of carbonyl (C=O) groups excluding carboxylic acids is 1. The first-order valence-corrected chi connectivity index (χ1v) is 8.34. The minimum absolute atomic E-state index is 0.0286. The van der Waals surface area contributed by atoms with Crippen molar-refractivity contribution in [1.29, 1.82) is 0 Å². The number of nitrogens with zero attached hydrogens (tertiary/aromatic N) is 2. The van der Waals surface area contributed by atoms with Crippen LogP contribution >= 0.6 is 11.3 Å². The highest BCUT2D eigenvalue weighted by molar-refractivity contribution is 7.14. The summed E-state index contributed by atoms with van der Waals surface area (Å²) < 4.78 is 13.1. The third-order valence-electron chi connectivity index (χ3n) is 3.36. The van der Waals surface area contributed by atoms with Gasteiger partial charge in [-0.05, 0) is 23.8 Å². The smallest absolute Gasteiger partial charge is 0.270 e. The second kappa shape index (κ2) is 7.66. The van der Waals surface area contributed by atoms with E-state index in [1.807, 2.05) is 0 Å². The Labute approximate surface area is 151 Å². The van der Waals surface area contributed by atoms with E-state index < -0.39 is 10.8 Å². The number of hydrogen-bond donors (Lipinski definition) is 1. The first kappa shape index (κ1) is 17.4. The highest BCUT2D eigenvalue weighted by Gasteiger charge is 2.10. The number of nitro groups is 1. The highest BCUT2D eigenvalue weighted by Crippen LogP contribution is 2.27. The molecule has 0 saturated heterocycles. The number of rotatable bonds is 5. The predicted molar refractivity (Wildman–Crippen MR) is 98.3 cm³/mol. The van der Waals surface area contributed by atoms with E-state index in [4.69, 9.17) is 0 Å². The van der Waals surface area contributed by atoms with Crippen molar-refractivity contribution in [2.75, 3.05) is 5.32 Å². The van der Waals surface area contributed by atoms with Gasteiger partial charge in [0.15, 0.2) is 5.13 Å². The Morgan fingerprint density at radius 1 is 1.23 bits per heavy atom. The number of amides is 1. The SMILES string of the molecule is O=C(/C=C/c1cccc(F)c1)Nc1nc(-c2cccc([N+](=O)[O-])c2)cs1. The molecular weight excluding hydrogens is 357 g/mol. The molecule has 0 fully saturated rings. The quantitative estimate of drug-likeness (QED) is 0.407. The van der Waals surface area contributed by atoms with Crippen molar-refractivity contribution in [3.8, 4) is 11.3 Å². The van der Waals surface area contributed by atoms with Gasteiger partial charge in [0.2, 0.25) is 5.91 Å². The summed E-state index contributed by atoms with van der Waals surface area (Å²) in [5.74, 6) is -0.789. The molecule has 2 aromatic carbocycles. The molecule has 0 aliphatic heterocycles. The van der Waals surface area contributed by atoms with Crippen molar-refractivity contribution in [2.45, 2.75) is 0 Å². The van der Waals surface area contributed by atoms with Crippen molar-refractivity contribution in [1.82, 2.24) is 4.98 Å². The molecule has 26 heavy (non-hydrogen) atoms. The number of nitrogens with one attached hydrogen (secondary N) is 1. The van der Waals surface area contributed by atoms with Crippen molar-refractivity contribution < 1.29 is 14.1 Å². The predicted octanol–water partition coefficient (Wildman–Crippen LogP) is 4.51. The summed E-state index contributed by atoms with van der Waals surface area (Å²) >= 11 is 1.20. The second-order valence-electron chi connectivity index (χ2n) is 5.22. The molecule has 3 aromatic rings. The fourth-order valence-corrected chi connectivity index (χ4v) is 2.89. The maximum atomic E-state index is 13.1. The minimum Gasteiger partial charge on any atom is -0.298 e. The van der Waals surface area contributed by atoms with Gasteiger partial charge in [-0.15, -0.1) is 11.3 Å². The van der Waals surface area contributed by atoms with Crippen LogP contribution in [0.1, 0.15) is 5.56 Å². The zero-order chi connectivity index (χ0) is 18.5. The lowest BCUT2D eigenvalue weighted by atomic mass is 10.1. The number of thiazole rings is 1. The standard InChI is InChI=1S/C18H12FN3O3S/c19-14-5-1-3-12(9-14)7-8-17(23)21-18-20-16(11-26-18)13-4-2-6-15(10-13)22(24)25/h1-11H,(H,20,21,23)/b8-7+. The second-order valence-corrected chi connectivity index (χ2v) is 6.08. The first-order chi connectivity index (χ1) is 12.5. The molecule has 0 unspecified atom stereocenters. The van der Waals surface area contributed by atoms with E-state index in [2.05, 4.69) is 10.3 Å². The van der Waals surface area contributed by atoms with Gasteiger partial charge < -0.3 is 0 Å². The molecule has 1 heterocycles. The van der Waals surface area contributed by atoms with Gasteiger partial charge in [-0.1, -0.05) is 24.3 Å². The maximum absolute atomic E-state index is 13.1. The van der Waals surface area contributed by atoms with E-state index in [0.29, 0.717) is 22.0 Å². The van der Waals surface area contributed by atoms with Gasteiger partial charge in [0.1, 0.15) is 5.82 Å². The molecule has 1 aromatic heterocycles. The van der Waals surface area contributed by atoms with Gasteiger partial charge in [-0.3, -0.25) is 20.2 Å². The normalized spacial score (nSPS) is 10.8. The van der Waals surface area contributed by atoms with Crippen LogP contribution in [0.4, 0.5) is 15.2 Å². The molecule has 0 bridgehead atoms. The van der Waals surface area contributed by atoms with E-state index in [0.717, 1.165) is 0 Å². The van der Waals surface area contributed by atoms with Crippen LogP contribution in [0, 0.1) is 15.9 Å². The van der Waals surface area contributed by atoms with Crippen molar-refractivity contribution in [3.05, 3.63) is 81.5 Å². The van der Waals surface area contributed by atoms with Gasteiger partial charge in [0.05, 0.1) is 10.6 Å². The Balaban J connectivity index is 1.69. The zero-order valence-electron chi connectivity index (χ0n) is 13.3. The molecular formula is C18H12FN3O3S. The largest absolute Gasteiger partial charge is 0.298 e. The van der Waals surface area contributed by atoms with Crippen LogP contribution < -0.4 is 5.32 Å². The van der Waals surface area contributed by atoms with Crippen LogP contribution in [0.5, 0.6) is 0 Å². The van der Waals surface area contributed by atoms with Crippen molar-refractivity contribution >= 4 is 34.1 Å². The number of halogens is 1. The average Bonchev–Trinajstić information content (AvgIpc) is 3.08. The molecule has 0 spiro atoms. The third kappa shape index (κ3) is 4.37. The average molecular weight is 369 g/mol. The molecule has 130 valence electrons. The number of benzene rings is 2. The number of non-ortho nitro benzene ring substituents is 1. The fraction of sp³-hybridized carbons (Fsp3) is 0. The van der Waals surface area contributed by atoms with E-state index in [-0.39, 0.29) is 11.5 Å². The lowest BCUT2D eigenvalue weighted by molar-refractivity contribution is -0.384. The Morgan fingerprint density at radius 3 is 2.81 bits per heavy atom. The number of hydrogen-bond acceptors (Lipinski definition) is 5. The van der Waals surface area contributed by atoms with Crippen LogP contribution in [-0.4, -0.2) is 15.8 Å². The van der Waals surface area contributed by atoms with Crippen LogP contribution in [0.2, 0.25) is 0 Å². The molecule has 8 heteroatoms. The van der Waals surface area contributed by atoms with Gasteiger partial charge >= 0.3 is 0 Å². The van der Waals surface area contributed by atoms with E-state index in [1.165, 1.54) is 47.8 Å². The summed E-state index contributed by atoms with van der Waals surface area (Å²) in [4.78, 5) is 26.6. The van der Waals surface area contributed by atoms with Crippen molar-refractivity contribution in [3.63, 3.8) is 0 Å². The molecule has 0 atom stereocenters. The lowest BCUT2D eigenvalue weighted by Crippen LogP contribution is -2.07. The molecule has 1 N–H and O–H groups in total. The molecule has 0 saturated carbocycles. The molecule has 1 amide bonds. The molecule has 0 radical (unpaired) electrons. The summed E-state index contributed by atoms with van der Waals surface area (Å²) in [6.07, 6.45) is 2.77. The first-order valence-electron chi connectivity index (χ1n) is 7.46. The Bertz CT molecular complexity index is 1000. The minimum atomic E-state index is -0.476. The molecule has 3 rings (SSSR count). The van der Waals surface area contributed by atoms with Crippen LogP contribution in [0.15, 0.2) is 60.0 Å². The summed E-state index contributed by atoms with van der Waals surface area (Å²) in [5.41, 5.74) is 1.66. The third-order valence-corrected chi connectivity index (χ3v) is 4.12. The summed E-state index contributed by atoms with van der Waals surface area (Å²) in [6, 6.07) is 12.0. The number of carbonyl (C=O) groups is 1. The van der Waals surface area contributed by atoms with Crippen LogP contribution in [0.3, 0.4) is 0 Å². The zero-order valence-corrected chi connectivity index (χ0v) is 14.1. The van der Waals surface area contributed by atoms with Crippen LogP contribution in [0.25, 0.3) is 17.3 Å². The van der Waals surface area contributed by atoms with Gasteiger partial charge in [-0.25, -0.2) is 9.37 Å². The number of aromatic nitrogens is 1. The van der Waals surface area contributed by atoms with Gasteiger partial charge in [0.25, 0.3) is 5.69 Å².